The summed E-state index contributed by atoms with van der Waals surface area (Å²) in [4.78, 5) is 13.5. The first-order chi connectivity index (χ1) is 9.47. The highest BCUT2D eigenvalue weighted by atomic mass is 16.2. The fourth-order valence-corrected chi connectivity index (χ4v) is 2.87. The molecule has 1 amide bonds. The molecule has 1 saturated carbocycles. The lowest BCUT2D eigenvalue weighted by Gasteiger charge is -2.16. The fraction of sp³-hybridized carbons (Fsp3) is 0.562. The van der Waals surface area contributed by atoms with Gasteiger partial charge < -0.3 is 16.0 Å². The Hall–Kier alpha value is -1.71. The summed E-state index contributed by atoms with van der Waals surface area (Å²) in [6, 6.07) is 5.44. The molecule has 0 saturated heterocycles. The van der Waals surface area contributed by atoms with E-state index in [1.165, 1.54) is 19.3 Å². The average molecular weight is 275 g/mol. The molecule has 1 aliphatic rings. The molecule has 2 unspecified atom stereocenters. The predicted molar refractivity (Wildman–Crippen MR) is 83.9 cm³/mol. The van der Waals surface area contributed by atoms with Gasteiger partial charge in [0.05, 0.1) is 11.4 Å². The molecule has 0 heterocycles. The Bertz CT molecular complexity index is 485. The van der Waals surface area contributed by atoms with E-state index in [0.29, 0.717) is 11.3 Å². The minimum absolute atomic E-state index is 0.00235. The molecule has 1 fully saturated rings. The van der Waals surface area contributed by atoms with Crippen molar-refractivity contribution in [3.05, 3.63) is 23.8 Å². The van der Waals surface area contributed by atoms with E-state index in [4.69, 9.17) is 5.73 Å². The molecular formula is C16H25N3O. The van der Waals surface area contributed by atoms with Gasteiger partial charge in [0.2, 0.25) is 0 Å². The van der Waals surface area contributed by atoms with Crippen molar-refractivity contribution in [2.75, 3.05) is 31.7 Å². The van der Waals surface area contributed by atoms with E-state index >= 15 is 0 Å². The maximum atomic E-state index is 12.0. The number of nitrogens with zero attached hydrogens (tertiary/aromatic N) is 1. The van der Waals surface area contributed by atoms with Crippen molar-refractivity contribution in [1.82, 2.24) is 4.90 Å². The lowest BCUT2D eigenvalue weighted by Crippen LogP contribution is -2.22. The molecular weight excluding hydrogens is 250 g/mol. The molecule has 2 rings (SSSR count). The van der Waals surface area contributed by atoms with Crippen molar-refractivity contribution in [3.8, 4) is 0 Å². The summed E-state index contributed by atoms with van der Waals surface area (Å²) < 4.78 is 0. The van der Waals surface area contributed by atoms with Crippen LogP contribution in [-0.2, 0) is 0 Å². The van der Waals surface area contributed by atoms with Gasteiger partial charge in [-0.25, -0.2) is 0 Å². The van der Waals surface area contributed by atoms with Gasteiger partial charge in [0.25, 0.3) is 5.91 Å². The van der Waals surface area contributed by atoms with Crippen LogP contribution in [0.2, 0.25) is 0 Å². The first-order valence-corrected chi connectivity index (χ1v) is 7.32. The standard InChI is InChI=1S/C16H25N3O/c1-11-4-5-12(8-11)10-18-15-9-13(6-7-14(15)17)16(20)19(2)3/h6-7,9,11-12,18H,4-5,8,10,17H2,1-3H3. The van der Waals surface area contributed by atoms with Crippen LogP contribution in [0.1, 0.15) is 36.5 Å². The normalized spacial score (nSPS) is 21.8. The summed E-state index contributed by atoms with van der Waals surface area (Å²) in [5.41, 5.74) is 8.24. The fourth-order valence-electron chi connectivity index (χ4n) is 2.87. The Morgan fingerprint density at radius 3 is 2.75 bits per heavy atom. The maximum Gasteiger partial charge on any atom is 0.253 e. The van der Waals surface area contributed by atoms with Crippen molar-refractivity contribution < 1.29 is 4.79 Å². The summed E-state index contributed by atoms with van der Waals surface area (Å²) in [6.45, 7) is 3.25. The third kappa shape index (κ3) is 3.44. The van der Waals surface area contributed by atoms with E-state index in [9.17, 15) is 4.79 Å². The number of carbonyl (C=O) groups excluding carboxylic acids is 1. The molecule has 4 heteroatoms. The van der Waals surface area contributed by atoms with Crippen LogP contribution >= 0.6 is 0 Å². The highest BCUT2D eigenvalue weighted by Gasteiger charge is 2.21. The summed E-state index contributed by atoms with van der Waals surface area (Å²) in [5, 5.41) is 3.41. The smallest absolute Gasteiger partial charge is 0.253 e. The number of carbonyl (C=O) groups is 1. The van der Waals surface area contributed by atoms with Crippen LogP contribution in [0, 0.1) is 11.8 Å². The number of amides is 1. The predicted octanol–water partition coefficient (Wildman–Crippen LogP) is 2.82. The molecule has 1 aliphatic carbocycles. The van der Waals surface area contributed by atoms with E-state index in [-0.39, 0.29) is 5.91 Å². The summed E-state index contributed by atoms with van der Waals surface area (Å²) in [5.74, 6) is 1.56. The van der Waals surface area contributed by atoms with Crippen LogP contribution in [-0.4, -0.2) is 31.4 Å². The minimum Gasteiger partial charge on any atom is -0.397 e. The van der Waals surface area contributed by atoms with Crippen LogP contribution in [0.15, 0.2) is 18.2 Å². The van der Waals surface area contributed by atoms with Gasteiger partial charge in [0.15, 0.2) is 0 Å². The van der Waals surface area contributed by atoms with Gasteiger partial charge in [-0.1, -0.05) is 13.3 Å². The third-order valence-electron chi connectivity index (χ3n) is 4.09. The molecule has 0 bridgehead atoms. The number of hydrogen-bond donors (Lipinski definition) is 2. The van der Waals surface area contributed by atoms with Crippen molar-refractivity contribution in [2.24, 2.45) is 11.8 Å². The zero-order chi connectivity index (χ0) is 14.7. The average Bonchev–Trinajstić information content (AvgIpc) is 2.82. The van der Waals surface area contributed by atoms with E-state index in [0.717, 1.165) is 24.1 Å². The lowest BCUT2D eigenvalue weighted by atomic mass is 10.1. The first kappa shape index (κ1) is 14.7. The summed E-state index contributed by atoms with van der Waals surface area (Å²) in [7, 11) is 3.51. The Morgan fingerprint density at radius 1 is 1.40 bits per heavy atom. The van der Waals surface area contributed by atoms with Gasteiger partial charge in [0.1, 0.15) is 0 Å². The number of benzene rings is 1. The van der Waals surface area contributed by atoms with E-state index in [2.05, 4.69) is 12.2 Å². The van der Waals surface area contributed by atoms with Gasteiger partial charge in [-0.15, -0.1) is 0 Å². The second kappa shape index (κ2) is 6.16. The SMILES string of the molecule is CC1CCC(CNc2cc(C(=O)N(C)C)ccc2N)C1. The molecule has 0 aliphatic heterocycles. The second-order valence-electron chi connectivity index (χ2n) is 6.17. The highest BCUT2D eigenvalue weighted by molar-refractivity contribution is 5.95. The number of nitrogen functional groups attached to an aromatic ring is 1. The number of hydrogen-bond acceptors (Lipinski definition) is 3. The van der Waals surface area contributed by atoms with Crippen molar-refractivity contribution in [3.63, 3.8) is 0 Å². The molecule has 1 aromatic carbocycles. The number of nitrogens with one attached hydrogen (secondary N) is 1. The van der Waals surface area contributed by atoms with Crippen LogP contribution in [0.5, 0.6) is 0 Å². The van der Waals surface area contributed by atoms with Gasteiger partial charge in [-0.3, -0.25) is 4.79 Å². The molecule has 0 radical (unpaired) electrons. The topological polar surface area (TPSA) is 58.4 Å². The molecule has 0 aromatic heterocycles. The Morgan fingerprint density at radius 2 is 2.15 bits per heavy atom. The number of nitrogens with two attached hydrogens (primary N) is 1. The highest BCUT2D eigenvalue weighted by Crippen LogP contribution is 2.31. The minimum atomic E-state index is 0.00235. The monoisotopic (exact) mass is 275 g/mol. The molecule has 20 heavy (non-hydrogen) atoms. The molecule has 1 aromatic rings. The number of rotatable bonds is 4. The van der Waals surface area contributed by atoms with Gasteiger partial charge >= 0.3 is 0 Å². The van der Waals surface area contributed by atoms with Gasteiger partial charge in [-0.2, -0.15) is 0 Å². The molecule has 0 spiro atoms. The number of anilines is 2. The van der Waals surface area contributed by atoms with Crippen molar-refractivity contribution >= 4 is 17.3 Å². The van der Waals surface area contributed by atoms with E-state index in [1.807, 2.05) is 6.07 Å². The molecule has 4 nitrogen and oxygen atoms in total. The van der Waals surface area contributed by atoms with Crippen LogP contribution in [0.3, 0.4) is 0 Å². The zero-order valence-corrected chi connectivity index (χ0v) is 12.6. The third-order valence-corrected chi connectivity index (χ3v) is 4.09. The lowest BCUT2D eigenvalue weighted by molar-refractivity contribution is 0.0827. The second-order valence-corrected chi connectivity index (χ2v) is 6.17. The first-order valence-electron chi connectivity index (χ1n) is 7.32. The van der Waals surface area contributed by atoms with Crippen LogP contribution < -0.4 is 11.1 Å². The van der Waals surface area contributed by atoms with Crippen LogP contribution in [0.4, 0.5) is 11.4 Å². The maximum absolute atomic E-state index is 12.0. The van der Waals surface area contributed by atoms with E-state index < -0.39 is 0 Å². The summed E-state index contributed by atoms with van der Waals surface area (Å²) in [6.07, 6.45) is 3.88. The van der Waals surface area contributed by atoms with E-state index in [1.54, 1.807) is 31.1 Å². The van der Waals surface area contributed by atoms with Crippen LogP contribution in [0.25, 0.3) is 0 Å². The molecule has 3 N–H and O–H groups in total. The Kier molecular flexibility index (Phi) is 4.53. The largest absolute Gasteiger partial charge is 0.397 e. The van der Waals surface area contributed by atoms with Crippen molar-refractivity contribution in [2.45, 2.75) is 26.2 Å². The Balaban J connectivity index is 2.03. The summed E-state index contributed by atoms with van der Waals surface area (Å²) >= 11 is 0. The van der Waals surface area contributed by atoms with Gasteiger partial charge in [0, 0.05) is 26.2 Å². The Labute approximate surface area is 121 Å². The van der Waals surface area contributed by atoms with Gasteiger partial charge in [-0.05, 0) is 42.9 Å². The van der Waals surface area contributed by atoms with Crippen molar-refractivity contribution in [1.29, 1.82) is 0 Å². The molecule has 2 atom stereocenters. The zero-order valence-electron chi connectivity index (χ0n) is 12.6. The quantitative estimate of drug-likeness (QED) is 0.831. The molecule has 110 valence electrons.